The molecule has 0 aromatic rings. The molecule has 0 unspecified atom stereocenters. The van der Waals surface area contributed by atoms with E-state index in [4.69, 9.17) is 6.64 Å². The summed E-state index contributed by atoms with van der Waals surface area (Å²) in [6, 6.07) is 0. The molecule has 0 atom stereocenters. The molecule has 0 spiro atoms. The van der Waals surface area contributed by atoms with Gasteiger partial charge in [0.15, 0.2) is 0 Å². The Kier molecular flexibility index (Phi) is 8.02. The standard InChI is InChI=1S/C5H5.2C2H5O.ClH.Ti/c1-2-4-5-3-1;2*1-2-3;;/h1-3H,4H2;2*2H2,1H3;1H;/q;2*-1;;+2. The van der Waals surface area contributed by atoms with Crippen LogP contribution >= 0.6 is 12.4 Å². The SMILES string of the molecule is CC[O][Ti]([O]CC)[C]1=CC=CC1.Cl. The molecule has 0 bridgehead atoms. The van der Waals surface area contributed by atoms with Gasteiger partial charge in [-0.15, -0.1) is 12.4 Å². The second-order valence-electron chi connectivity index (χ2n) is 2.48. The Morgan fingerprint density at radius 3 is 2.31 bits per heavy atom. The minimum Gasteiger partial charge on any atom is -0.147 e. The number of hydrogen-bond acceptors (Lipinski definition) is 2. The van der Waals surface area contributed by atoms with Crippen LogP contribution in [-0.4, -0.2) is 13.2 Å². The van der Waals surface area contributed by atoms with Crippen molar-refractivity contribution in [2.45, 2.75) is 20.3 Å². The van der Waals surface area contributed by atoms with E-state index in [9.17, 15) is 0 Å². The van der Waals surface area contributed by atoms with Gasteiger partial charge in [-0.3, -0.25) is 0 Å². The van der Waals surface area contributed by atoms with Crippen molar-refractivity contribution in [3.05, 3.63) is 22.1 Å². The molecule has 13 heavy (non-hydrogen) atoms. The van der Waals surface area contributed by atoms with Crippen molar-refractivity contribution in [1.29, 1.82) is 0 Å². The van der Waals surface area contributed by atoms with Crippen LogP contribution in [0.5, 0.6) is 0 Å². The summed E-state index contributed by atoms with van der Waals surface area (Å²) in [5, 5.41) is 0. The zero-order valence-corrected chi connectivity index (χ0v) is 10.5. The molecule has 0 fully saturated rings. The fourth-order valence-electron chi connectivity index (χ4n) is 1.09. The molecule has 1 rings (SSSR count). The zero-order valence-electron chi connectivity index (χ0n) is 8.08. The molecule has 1 aliphatic carbocycles. The van der Waals surface area contributed by atoms with E-state index >= 15 is 0 Å². The monoisotopic (exact) mass is 239 g/mol. The number of allylic oxidation sites excluding steroid dienone is 4. The quantitative estimate of drug-likeness (QED) is 0.687. The Bertz CT molecular complexity index is 186. The molecular formula is C9H16ClO2Ti. The van der Waals surface area contributed by atoms with Gasteiger partial charge in [-0.25, -0.2) is 0 Å². The van der Waals surface area contributed by atoms with Gasteiger partial charge in [0, 0.05) is 0 Å². The summed E-state index contributed by atoms with van der Waals surface area (Å²) >= 11 is -1.76. The summed E-state index contributed by atoms with van der Waals surface area (Å²) in [5.41, 5.74) is 0. The molecule has 4 heteroatoms. The fourth-order valence-corrected chi connectivity index (χ4v) is 3.42. The molecule has 0 saturated carbocycles. The molecule has 0 N–H and O–H groups in total. The summed E-state index contributed by atoms with van der Waals surface area (Å²) in [6.45, 7) is 5.59. The average Bonchev–Trinajstić information content (AvgIpc) is 2.56. The molecule has 0 amide bonds. The van der Waals surface area contributed by atoms with E-state index in [0.717, 1.165) is 19.6 Å². The second kappa shape index (κ2) is 7.78. The van der Waals surface area contributed by atoms with Crippen molar-refractivity contribution in [3.8, 4) is 0 Å². The number of hydrogen-bond donors (Lipinski definition) is 0. The van der Waals surface area contributed by atoms with Crippen LogP contribution in [0, 0.1) is 0 Å². The summed E-state index contributed by atoms with van der Waals surface area (Å²) in [5.74, 6) is 0. The maximum absolute atomic E-state index is 5.60. The van der Waals surface area contributed by atoms with E-state index in [-0.39, 0.29) is 12.4 Å². The molecule has 75 valence electrons. The van der Waals surface area contributed by atoms with Crippen LogP contribution in [0.4, 0.5) is 0 Å². The molecule has 0 aromatic carbocycles. The Hall–Kier alpha value is 0.404. The van der Waals surface area contributed by atoms with E-state index in [1.807, 2.05) is 13.8 Å². The van der Waals surface area contributed by atoms with Gasteiger partial charge in [0.05, 0.1) is 0 Å². The number of rotatable bonds is 5. The summed E-state index contributed by atoms with van der Waals surface area (Å²) in [6.07, 6.45) is 7.41. The minimum absolute atomic E-state index is 0. The van der Waals surface area contributed by atoms with Gasteiger partial charge in [0.2, 0.25) is 0 Å². The Morgan fingerprint density at radius 2 is 1.92 bits per heavy atom. The van der Waals surface area contributed by atoms with Crippen molar-refractivity contribution >= 4 is 12.4 Å². The predicted molar refractivity (Wildman–Crippen MR) is 52.3 cm³/mol. The normalized spacial score (nSPS) is 13.8. The van der Waals surface area contributed by atoms with E-state index in [1.165, 1.54) is 3.88 Å². The van der Waals surface area contributed by atoms with Gasteiger partial charge in [-0.2, -0.15) is 0 Å². The van der Waals surface area contributed by atoms with Gasteiger partial charge in [-0.05, 0) is 0 Å². The van der Waals surface area contributed by atoms with E-state index < -0.39 is 18.6 Å². The van der Waals surface area contributed by atoms with Crippen molar-refractivity contribution < 1.29 is 25.3 Å². The Balaban J connectivity index is 0.00000144. The van der Waals surface area contributed by atoms with E-state index in [1.54, 1.807) is 0 Å². The molecule has 0 radical (unpaired) electrons. The van der Waals surface area contributed by atoms with Gasteiger partial charge < -0.3 is 0 Å². The van der Waals surface area contributed by atoms with Crippen LogP contribution < -0.4 is 0 Å². The smallest absolute Gasteiger partial charge is 0.147 e. The Labute approximate surface area is 93.2 Å². The third-order valence-corrected chi connectivity index (χ3v) is 4.70. The van der Waals surface area contributed by atoms with Crippen LogP contribution in [0.2, 0.25) is 0 Å². The fraction of sp³-hybridized carbons (Fsp3) is 0.556. The molecule has 0 heterocycles. The first-order chi connectivity index (χ1) is 5.88. The van der Waals surface area contributed by atoms with Crippen molar-refractivity contribution in [2.24, 2.45) is 0 Å². The van der Waals surface area contributed by atoms with Gasteiger partial charge in [0.25, 0.3) is 0 Å². The molecule has 0 aliphatic heterocycles. The van der Waals surface area contributed by atoms with Crippen LogP contribution in [0.3, 0.4) is 0 Å². The molecule has 2 nitrogen and oxygen atoms in total. The van der Waals surface area contributed by atoms with Gasteiger partial charge in [0.1, 0.15) is 0 Å². The van der Waals surface area contributed by atoms with E-state index in [2.05, 4.69) is 18.2 Å². The van der Waals surface area contributed by atoms with Crippen molar-refractivity contribution in [1.82, 2.24) is 0 Å². The largest absolute Gasteiger partial charge is 0.147 e. The summed E-state index contributed by atoms with van der Waals surface area (Å²) in [4.78, 5) is 0. The van der Waals surface area contributed by atoms with Crippen LogP contribution in [0.15, 0.2) is 22.1 Å². The first kappa shape index (κ1) is 13.4. The molecule has 0 saturated heterocycles. The maximum atomic E-state index is 5.60. The van der Waals surface area contributed by atoms with Gasteiger partial charge >= 0.3 is 80.9 Å². The van der Waals surface area contributed by atoms with Crippen molar-refractivity contribution in [2.75, 3.05) is 13.2 Å². The first-order valence-electron chi connectivity index (χ1n) is 4.37. The predicted octanol–water partition coefficient (Wildman–Crippen LogP) is 2.77. The molecular weight excluding hydrogens is 223 g/mol. The van der Waals surface area contributed by atoms with Crippen LogP contribution in [-0.2, 0) is 25.3 Å². The van der Waals surface area contributed by atoms with Crippen LogP contribution in [0.1, 0.15) is 20.3 Å². The third-order valence-electron chi connectivity index (χ3n) is 1.58. The molecule has 0 aromatic heterocycles. The topological polar surface area (TPSA) is 18.5 Å². The summed E-state index contributed by atoms with van der Waals surface area (Å²) < 4.78 is 12.6. The maximum Gasteiger partial charge on any atom is -0.147 e. The van der Waals surface area contributed by atoms with Gasteiger partial charge in [-0.1, -0.05) is 0 Å². The summed E-state index contributed by atoms with van der Waals surface area (Å²) in [7, 11) is 0. The van der Waals surface area contributed by atoms with Crippen molar-refractivity contribution in [3.63, 3.8) is 0 Å². The zero-order chi connectivity index (χ0) is 8.81. The molecule has 1 aliphatic rings. The Morgan fingerprint density at radius 1 is 1.31 bits per heavy atom. The first-order valence-corrected chi connectivity index (χ1v) is 6.42. The van der Waals surface area contributed by atoms with E-state index in [0.29, 0.717) is 0 Å². The average molecular weight is 240 g/mol. The van der Waals surface area contributed by atoms with Crippen LogP contribution in [0.25, 0.3) is 0 Å². The third kappa shape index (κ3) is 4.43. The number of halogens is 1. The second-order valence-corrected chi connectivity index (χ2v) is 5.28. The minimum atomic E-state index is -1.76.